The molecule has 10 heteroatoms. The fraction of sp³-hybridized carbons (Fsp3) is 0.478. The molecule has 0 unspecified atom stereocenters. The van der Waals surface area contributed by atoms with Gasteiger partial charge < -0.3 is 19.5 Å². The van der Waals surface area contributed by atoms with E-state index < -0.39 is 6.09 Å². The molecular weight excluding hydrogens is 537 g/mol. The van der Waals surface area contributed by atoms with Crippen LogP contribution in [0.1, 0.15) is 45.2 Å². The Morgan fingerprint density at radius 3 is 2.58 bits per heavy atom. The molecule has 1 amide bonds. The maximum Gasteiger partial charge on any atom is 0.407 e. The van der Waals surface area contributed by atoms with E-state index in [4.69, 9.17) is 14.6 Å². The van der Waals surface area contributed by atoms with Crippen molar-refractivity contribution in [2.24, 2.45) is 0 Å². The number of methoxy groups -OCH3 is 1. The van der Waals surface area contributed by atoms with Crippen LogP contribution in [0.4, 0.5) is 4.79 Å². The number of hydrogen-bond acceptors (Lipinski definition) is 6. The van der Waals surface area contributed by atoms with E-state index >= 15 is 0 Å². The minimum Gasteiger partial charge on any atom is -0.467 e. The number of carbonyl (C=O) groups is 1. The number of aromatic nitrogens is 4. The van der Waals surface area contributed by atoms with Gasteiger partial charge in [0.25, 0.3) is 0 Å². The summed E-state index contributed by atoms with van der Waals surface area (Å²) in [6, 6.07) is 8.23. The normalized spacial score (nSPS) is 15.2. The highest BCUT2D eigenvalue weighted by Crippen LogP contribution is 2.36. The largest absolute Gasteiger partial charge is 0.467 e. The van der Waals surface area contributed by atoms with E-state index in [1.165, 1.54) is 4.90 Å². The quantitative estimate of drug-likeness (QED) is 0.354. The van der Waals surface area contributed by atoms with Crippen LogP contribution < -0.4 is 4.74 Å². The van der Waals surface area contributed by atoms with Gasteiger partial charge in [-0.2, -0.15) is 5.10 Å². The second-order valence-electron chi connectivity index (χ2n) is 9.21. The van der Waals surface area contributed by atoms with Gasteiger partial charge in [-0.3, -0.25) is 4.68 Å². The zero-order valence-corrected chi connectivity index (χ0v) is 21.4. The molecule has 0 radical (unpaired) electrons. The molecule has 1 aromatic carbocycles. The lowest BCUT2D eigenvalue weighted by Crippen LogP contribution is -2.38. The molecule has 1 N–H and O–H groups in total. The number of fused-ring (bicyclic) bond motifs is 1. The fourth-order valence-corrected chi connectivity index (χ4v) is 4.67. The van der Waals surface area contributed by atoms with E-state index in [0.29, 0.717) is 37.4 Å². The summed E-state index contributed by atoms with van der Waals surface area (Å²) >= 11 is 2.17. The van der Waals surface area contributed by atoms with Gasteiger partial charge in [-0.25, -0.2) is 4.79 Å². The van der Waals surface area contributed by atoms with Gasteiger partial charge >= 0.3 is 6.09 Å². The lowest BCUT2D eigenvalue weighted by molar-refractivity contribution is 0.0514. The molecule has 0 saturated carbocycles. The average molecular weight is 565 g/mol. The van der Waals surface area contributed by atoms with Crippen LogP contribution in [0.5, 0.6) is 5.75 Å². The smallest absolute Gasteiger partial charge is 0.407 e. The number of benzene rings is 1. The van der Waals surface area contributed by atoms with Gasteiger partial charge in [0.15, 0.2) is 10.5 Å². The predicted molar refractivity (Wildman–Crippen MR) is 133 cm³/mol. The summed E-state index contributed by atoms with van der Waals surface area (Å²) in [5.41, 5.74) is 4.27. The van der Waals surface area contributed by atoms with Crippen molar-refractivity contribution in [1.82, 2.24) is 24.9 Å². The van der Waals surface area contributed by atoms with Crippen LogP contribution >= 0.6 is 22.6 Å². The lowest BCUT2D eigenvalue weighted by atomic mass is 9.86. The number of rotatable bonds is 5. The molecule has 1 saturated heterocycles. The van der Waals surface area contributed by atoms with Crippen molar-refractivity contribution in [2.45, 2.75) is 45.1 Å². The summed E-state index contributed by atoms with van der Waals surface area (Å²) in [6.07, 6.45) is 0.544. The third kappa shape index (κ3) is 4.91. The molecule has 0 bridgehead atoms. The van der Waals surface area contributed by atoms with Crippen molar-refractivity contribution in [3.8, 4) is 17.0 Å². The molecule has 1 aliphatic heterocycles. The molecule has 176 valence electrons. The summed E-state index contributed by atoms with van der Waals surface area (Å²) in [6.45, 7) is 7.59. The molecule has 3 heterocycles. The van der Waals surface area contributed by atoms with Crippen molar-refractivity contribution in [1.29, 1.82) is 0 Å². The number of hydrogen-bond donors (Lipinski definition) is 1. The van der Waals surface area contributed by atoms with E-state index in [1.54, 1.807) is 7.11 Å². The standard InChI is InChI=1S/C23H28IN5O4/c1-23(2,3)14-5-6-16(19(11-14)33-13-32-4)17-12-18-20(26-25-17)21(24)27-29(18)15-7-9-28(10-8-15)22(30)31/h5-6,11-12,15H,7-10,13H2,1-4H3,(H,30,31). The maximum absolute atomic E-state index is 11.3. The van der Waals surface area contributed by atoms with E-state index in [9.17, 15) is 9.90 Å². The zero-order chi connectivity index (χ0) is 23.8. The number of amides is 1. The molecular formula is C23H28IN5O4. The first-order valence-corrected chi connectivity index (χ1v) is 11.9. The van der Waals surface area contributed by atoms with Gasteiger partial charge in [-0.05, 0) is 64.6 Å². The van der Waals surface area contributed by atoms with Gasteiger partial charge in [0, 0.05) is 25.8 Å². The number of carboxylic acid groups (broad SMARTS) is 1. The molecule has 1 fully saturated rings. The maximum atomic E-state index is 11.3. The minimum atomic E-state index is -0.871. The van der Waals surface area contributed by atoms with Crippen LogP contribution in [0.15, 0.2) is 24.3 Å². The first-order valence-electron chi connectivity index (χ1n) is 10.8. The second-order valence-corrected chi connectivity index (χ2v) is 10.2. The predicted octanol–water partition coefficient (Wildman–Crippen LogP) is 4.69. The summed E-state index contributed by atoms with van der Waals surface area (Å²) in [5, 5.41) is 22.9. The van der Waals surface area contributed by atoms with Gasteiger partial charge in [-0.15, -0.1) is 10.2 Å². The van der Waals surface area contributed by atoms with Crippen molar-refractivity contribution >= 4 is 39.7 Å². The van der Waals surface area contributed by atoms with Gasteiger partial charge in [-0.1, -0.05) is 26.8 Å². The molecule has 9 nitrogen and oxygen atoms in total. The number of piperidine rings is 1. The average Bonchev–Trinajstić information content (AvgIpc) is 3.12. The molecule has 0 aliphatic carbocycles. The van der Waals surface area contributed by atoms with Gasteiger partial charge in [0.05, 0.1) is 17.3 Å². The molecule has 33 heavy (non-hydrogen) atoms. The van der Waals surface area contributed by atoms with Crippen LogP contribution in [0.3, 0.4) is 0 Å². The number of halogens is 1. The van der Waals surface area contributed by atoms with Crippen LogP contribution in [-0.2, 0) is 10.2 Å². The Kier molecular flexibility index (Phi) is 6.76. The zero-order valence-electron chi connectivity index (χ0n) is 19.2. The second kappa shape index (κ2) is 9.41. The molecule has 2 aromatic heterocycles. The Hall–Kier alpha value is -2.47. The van der Waals surface area contributed by atoms with E-state index in [-0.39, 0.29) is 18.2 Å². The van der Waals surface area contributed by atoms with E-state index in [1.807, 2.05) is 22.9 Å². The Bertz CT molecular complexity index is 1170. The minimum absolute atomic E-state index is 0.0289. The Morgan fingerprint density at radius 2 is 1.94 bits per heavy atom. The van der Waals surface area contributed by atoms with Gasteiger partial charge in [0.1, 0.15) is 11.3 Å². The molecule has 0 atom stereocenters. The molecule has 3 aromatic rings. The molecule has 1 aliphatic rings. The number of likely N-dealkylation sites (tertiary alicyclic amines) is 1. The molecule has 0 spiro atoms. The fourth-order valence-electron chi connectivity index (χ4n) is 4.05. The van der Waals surface area contributed by atoms with Gasteiger partial charge in [0.2, 0.25) is 0 Å². The third-order valence-electron chi connectivity index (χ3n) is 5.95. The van der Waals surface area contributed by atoms with Crippen LogP contribution in [0.25, 0.3) is 22.3 Å². The van der Waals surface area contributed by atoms with Crippen molar-refractivity contribution in [2.75, 3.05) is 27.0 Å². The third-order valence-corrected chi connectivity index (χ3v) is 6.67. The van der Waals surface area contributed by atoms with Crippen molar-refractivity contribution < 1.29 is 19.4 Å². The van der Waals surface area contributed by atoms with Crippen molar-refractivity contribution in [3.63, 3.8) is 0 Å². The highest BCUT2D eigenvalue weighted by Gasteiger charge is 2.27. The lowest BCUT2D eigenvalue weighted by Gasteiger charge is -2.30. The summed E-state index contributed by atoms with van der Waals surface area (Å²) in [5.74, 6) is 0.688. The first-order chi connectivity index (χ1) is 15.7. The Morgan fingerprint density at radius 1 is 1.21 bits per heavy atom. The Labute approximate surface area is 206 Å². The summed E-state index contributed by atoms with van der Waals surface area (Å²) in [7, 11) is 1.59. The number of ether oxygens (including phenoxy) is 2. The van der Waals surface area contributed by atoms with Crippen molar-refractivity contribution in [3.05, 3.63) is 33.5 Å². The topological polar surface area (TPSA) is 103 Å². The highest BCUT2D eigenvalue weighted by atomic mass is 127. The summed E-state index contributed by atoms with van der Waals surface area (Å²) < 4.78 is 13.8. The van der Waals surface area contributed by atoms with E-state index in [0.717, 1.165) is 25.9 Å². The highest BCUT2D eigenvalue weighted by molar-refractivity contribution is 14.1. The monoisotopic (exact) mass is 565 g/mol. The summed E-state index contributed by atoms with van der Waals surface area (Å²) in [4.78, 5) is 12.7. The van der Waals surface area contributed by atoms with E-state index in [2.05, 4.69) is 59.6 Å². The van der Waals surface area contributed by atoms with Crippen LogP contribution in [0, 0.1) is 3.70 Å². The van der Waals surface area contributed by atoms with Crippen LogP contribution in [0.2, 0.25) is 0 Å². The number of nitrogens with zero attached hydrogens (tertiary/aromatic N) is 5. The van der Waals surface area contributed by atoms with Crippen LogP contribution in [-0.4, -0.2) is 63.1 Å². The SMILES string of the molecule is COCOc1cc(C(C)(C)C)ccc1-c1cc2c(nn1)c(I)nn2C1CCN(C(=O)O)CC1. The Balaban J connectivity index is 1.74. The molecule has 4 rings (SSSR count). The first kappa shape index (κ1) is 23.7.